The van der Waals surface area contributed by atoms with Crippen LogP contribution in [0.3, 0.4) is 0 Å². The maximum Gasteiger partial charge on any atom is 0.142 e. The van der Waals surface area contributed by atoms with E-state index in [1.807, 2.05) is 0 Å². The van der Waals surface area contributed by atoms with Gasteiger partial charge >= 0.3 is 0 Å². The quantitative estimate of drug-likeness (QED) is 0.335. The summed E-state index contributed by atoms with van der Waals surface area (Å²) in [6, 6.07) is 0. The number of rotatable bonds is 3. The summed E-state index contributed by atoms with van der Waals surface area (Å²) in [5, 5.41) is 0. The van der Waals surface area contributed by atoms with Gasteiger partial charge in [0, 0.05) is 5.54 Å². The molecule has 48 valence electrons. The molecule has 0 saturated carbocycles. The third kappa shape index (κ3) is 7.18. The van der Waals surface area contributed by atoms with Crippen LogP contribution in [0.25, 0.3) is 0 Å². The minimum atomic E-state index is 0.717. The summed E-state index contributed by atoms with van der Waals surface area (Å²) in [5.74, 6) is 0. The molecule has 1 nitrogen and oxygen atoms in total. The van der Waals surface area contributed by atoms with Gasteiger partial charge in [-0.15, -0.1) is 0 Å². The van der Waals surface area contributed by atoms with Crippen molar-refractivity contribution in [2.45, 2.75) is 0 Å². The lowest BCUT2D eigenvalue weighted by Crippen LogP contribution is -1.54. The predicted octanol–water partition coefficient (Wildman–Crippen LogP) is 2.05. The van der Waals surface area contributed by atoms with Crippen LogP contribution in [-0.2, 0) is 4.79 Å². The highest BCUT2D eigenvalue weighted by Crippen LogP contribution is 1.81. The molecule has 0 unspecified atom stereocenters. The van der Waals surface area contributed by atoms with E-state index in [9.17, 15) is 4.79 Å². The molecular formula is C7H7ClO. The molecule has 0 spiro atoms. The molecule has 0 rings (SSSR count). The average molecular weight is 143 g/mol. The van der Waals surface area contributed by atoms with Crippen LogP contribution in [0, 0.1) is 0 Å². The molecule has 0 bridgehead atoms. The van der Waals surface area contributed by atoms with E-state index < -0.39 is 0 Å². The Kier molecular flexibility index (Phi) is 6.53. The lowest BCUT2D eigenvalue weighted by atomic mass is 10.4. The summed E-state index contributed by atoms with van der Waals surface area (Å²) in [6.07, 6.45) is 8.86. The maximum absolute atomic E-state index is 9.67. The van der Waals surface area contributed by atoms with Gasteiger partial charge in [-0.1, -0.05) is 35.9 Å². The highest BCUT2D eigenvalue weighted by molar-refractivity contribution is 6.25. The highest BCUT2D eigenvalue weighted by Gasteiger charge is 1.59. The molecule has 0 radical (unpaired) electrons. The molecule has 0 saturated heterocycles. The van der Waals surface area contributed by atoms with Crippen molar-refractivity contribution in [3.05, 3.63) is 35.9 Å². The molecule has 2 heteroatoms. The molecule has 0 heterocycles. The Morgan fingerprint density at radius 2 is 1.44 bits per heavy atom. The molecule has 0 fully saturated rings. The number of hydrogen-bond donors (Lipinski definition) is 0. The van der Waals surface area contributed by atoms with Crippen LogP contribution < -0.4 is 0 Å². The Labute approximate surface area is 59.3 Å². The van der Waals surface area contributed by atoms with E-state index in [0.717, 1.165) is 6.29 Å². The summed E-state index contributed by atoms with van der Waals surface area (Å²) < 4.78 is 0. The van der Waals surface area contributed by atoms with Gasteiger partial charge in [0.05, 0.1) is 0 Å². The number of allylic oxidation sites excluding steroid dienone is 5. The first-order valence-corrected chi connectivity index (χ1v) is 2.89. The van der Waals surface area contributed by atoms with E-state index >= 15 is 0 Å². The maximum atomic E-state index is 9.67. The topological polar surface area (TPSA) is 17.1 Å². The summed E-state index contributed by atoms with van der Waals surface area (Å²) in [6.45, 7) is 0. The van der Waals surface area contributed by atoms with Crippen molar-refractivity contribution in [1.82, 2.24) is 0 Å². The lowest BCUT2D eigenvalue weighted by molar-refractivity contribution is -0.104. The van der Waals surface area contributed by atoms with Gasteiger partial charge in [-0.3, -0.25) is 4.79 Å². The molecule has 0 aromatic rings. The summed E-state index contributed by atoms with van der Waals surface area (Å²) in [5.41, 5.74) is 1.39. The van der Waals surface area contributed by atoms with Gasteiger partial charge in [0.15, 0.2) is 0 Å². The van der Waals surface area contributed by atoms with E-state index in [2.05, 4.69) is 0 Å². The first-order valence-electron chi connectivity index (χ1n) is 2.45. The van der Waals surface area contributed by atoms with Gasteiger partial charge in [0.25, 0.3) is 0 Å². The van der Waals surface area contributed by atoms with Crippen molar-refractivity contribution in [2.24, 2.45) is 0 Å². The van der Waals surface area contributed by atoms with Crippen LogP contribution in [0.1, 0.15) is 0 Å². The second kappa shape index (κ2) is 7.18. The van der Waals surface area contributed by atoms with E-state index in [1.165, 1.54) is 11.6 Å². The first kappa shape index (κ1) is 8.18. The van der Waals surface area contributed by atoms with Gasteiger partial charge in [0.2, 0.25) is 0 Å². The first-order chi connectivity index (χ1) is 4.41. The number of carbonyl (C=O) groups excluding carboxylic acids is 1. The van der Waals surface area contributed by atoms with E-state index in [0.29, 0.717) is 0 Å². The molecule has 9 heavy (non-hydrogen) atoms. The van der Waals surface area contributed by atoms with Gasteiger partial charge < -0.3 is 0 Å². The number of hydrogen-bond acceptors (Lipinski definition) is 1. The van der Waals surface area contributed by atoms with Crippen LogP contribution in [0.15, 0.2) is 35.9 Å². The molecule has 0 aliphatic heterocycles. The predicted molar refractivity (Wildman–Crippen MR) is 39.3 cm³/mol. The summed E-state index contributed by atoms with van der Waals surface area (Å²) >= 11 is 5.19. The van der Waals surface area contributed by atoms with Gasteiger partial charge in [-0.05, 0) is 6.08 Å². The minimum Gasteiger partial charge on any atom is -0.299 e. The average Bonchev–Trinajstić information content (AvgIpc) is 1.89. The van der Waals surface area contributed by atoms with Crippen molar-refractivity contribution in [1.29, 1.82) is 0 Å². The third-order valence-corrected chi connectivity index (χ3v) is 0.741. The normalized spacial score (nSPS) is 12.1. The molecule has 0 atom stereocenters. The van der Waals surface area contributed by atoms with Crippen molar-refractivity contribution in [3.8, 4) is 0 Å². The zero-order valence-electron chi connectivity index (χ0n) is 4.83. The molecule has 0 aromatic carbocycles. The third-order valence-electron chi connectivity index (χ3n) is 0.596. The zero-order valence-corrected chi connectivity index (χ0v) is 5.58. The van der Waals surface area contributed by atoms with Crippen molar-refractivity contribution < 1.29 is 4.79 Å². The summed E-state index contributed by atoms with van der Waals surface area (Å²) in [7, 11) is 0. The lowest BCUT2D eigenvalue weighted by Gasteiger charge is -1.67. The Hall–Kier alpha value is -0.820. The number of carbonyl (C=O) groups is 1. The Balaban J connectivity index is 3.46. The minimum absolute atomic E-state index is 0.717. The standard InChI is InChI=1S/C7H7ClO/c8-6-4-2-1-3-5-7-9/h1-7H/b2-1+,5-3+,6-4+. The number of halogens is 1. The molecule has 0 aliphatic rings. The Morgan fingerprint density at radius 1 is 0.889 bits per heavy atom. The van der Waals surface area contributed by atoms with E-state index in [-0.39, 0.29) is 0 Å². The fourth-order valence-corrected chi connectivity index (χ4v) is 0.364. The van der Waals surface area contributed by atoms with Crippen LogP contribution in [-0.4, -0.2) is 6.29 Å². The SMILES string of the molecule is O=C/C=C/C=C/C=C/Cl. The molecule has 0 aliphatic carbocycles. The highest BCUT2D eigenvalue weighted by atomic mass is 35.5. The molecular weight excluding hydrogens is 136 g/mol. The second-order valence-corrected chi connectivity index (χ2v) is 1.48. The van der Waals surface area contributed by atoms with E-state index in [1.54, 1.807) is 24.3 Å². The zero-order chi connectivity index (χ0) is 6.95. The molecule has 0 N–H and O–H groups in total. The fraction of sp³-hybridized carbons (Fsp3) is 0. The largest absolute Gasteiger partial charge is 0.299 e. The van der Waals surface area contributed by atoms with Crippen LogP contribution in [0.2, 0.25) is 0 Å². The Bertz CT molecular complexity index is 145. The smallest absolute Gasteiger partial charge is 0.142 e. The fourth-order valence-electron chi connectivity index (χ4n) is 0.280. The van der Waals surface area contributed by atoms with Crippen LogP contribution in [0.5, 0.6) is 0 Å². The van der Waals surface area contributed by atoms with Gasteiger partial charge in [-0.25, -0.2) is 0 Å². The van der Waals surface area contributed by atoms with Crippen molar-refractivity contribution in [2.75, 3.05) is 0 Å². The van der Waals surface area contributed by atoms with E-state index in [4.69, 9.17) is 11.6 Å². The van der Waals surface area contributed by atoms with Crippen molar-refractivity contribution in [3.63, 3.8) is 0 Å². The van der Waals surface area contributed by atoms with Crippen LogP contribution in [0.4, 0.5) is 0 Å². The molecule has 0 aromatic heterocycles. The van der Waals surface area contributed by atoms with Gasteiger partial charge in [-0.2, -0.15) is 0 Å². The second-order valence-electron chi connectivity index (χ2n) is 1.22. The van der Waals surface area contributed by atoms with Crippen molar-refractivity contribution >= 4 is 17.9 Å². The summed E-state index contributed by atoms with van der Waals surface area (Å²) in [4.78, 5) is 9.67. The molecule has 0 amide bonds. The van der Waals surface area contributed by atoms with Crippen LogP contribution >= 0.6 is 11.6 Å². The number of aldehydes is 1. The monoisotopic (exact) mass is 142 g/mol. The Morgan fingerprint density at radius 3 is 2.00 bits per heavy atom. The van der Waals surface area contributed by atoms with Gasteiger partial charge in [0.1, 0.15) is 6.29 Å².